The molecule has 0 aliphatic heterocycles. The van der Waals surface area contributed by atoms with Gasteiger partial charge in [-0.25, -0.2) is 4.98 Å². The van der Waals surface area contributed by atoms with Crippen molar-refractivity contribution in [3.63, 3.8) is 0 Å². The molecule has 2 aromatic heterocycles. The molecule has 88 valence electrons. The van der Waals surface area contributed by atoms with Gasteiger partial charge in [0.25, 0.3) is 0 Å². The predicted octanol–water partition coefficient (Wildman–Crippen LogP) is 4.48. The van der Waals surface area contributed by atoms with E-state index in [1.165, 1.54) is 4.88 Å². The maximum Gasteiger partial charge on any atom is 0.208 e. The fourth-order valence-corrected chi connectivity index (χ4v) is 2.43. The van der Waals surface area contributed by atoms with Gasteiger partial charge in [-0.1, -0.05) is 41.5 Å². The molecule has 2 aromatic rings. The molecule has 0 spiro atoms. The molecule has 3 heteroatoms. The lowest BCUT2D eigenvalue weighted by molar-refractivity contribution is 0.413. The van der Waals surface area contributed by atoms with Gasteiger partial charge in [-0.15, -0.1) is 11.3 Å². The van der Waals surface area contributed by atoms with E-state index in [4.69, 9.17) is 4.42 Å². The summed E-state index contributed by atoms with van der Waals surface area (Å²) in [7, 11) is 0. The molecule has 2 rings (SSSR count). The standard InChI is InChI=1S/C13H19NOS/c1-12(2,3)9-7-8-10(16-9)15-11(14-8)13(4,5)6/h7H,1-6H3. The number of hydrogen-bond acceptors (Lipinski definition) is 3. The Morgan fingerprint density at radius 3 is 2.12 bits per heavy atom. The lowest BCUT2D eigenvalue weighted by Gasteiger charge is -2.15. The van der Waals surface area contributed by atoms with Crippen molar-refractivity contribution < 1.29 is 4.42 Å². The van der Waals surface area contributed by atoms with Crippen molar-refractivity contribution in [2.24, 2.45) is 0 Å². The molecule has 0 bridgehead atoms. The predicted molar refractivity (Wildman–Crippen MR) is 69.3 cm³/mol. The van der Waals surface area contributed by atoms with Gasteiger partial charge in [0.2, 0.25) is 10.8 Å². The van der Waals surface area contributed by atoms with Gasteiger partial charge in [0.05, 0.1) is 0 Å². The monoisotopic (exact) mass is 237 g/mol. The van der Waals surface area contributed by atoms with E-state index in [0.29, 0.717) is 0 Å². The van der Waals surface area contributed by atoms with Gasteiger partial charge in [0.1, 0.15) is 5.52 Å². The average Bonchev–Trinajstić information content (AvgIpc) is 2.53. The lowest BCUT2D eigenvalue weighted by atomic mass is 9.95. The highest BCUT2D eigenvalue weighted by molar-refractivity contribution is 7.18. The fourth-order valence-electron chi connectivity index (χ4n) is 1.43. The zero-order valence-electron chi connectivity index (χ0n) is 10.8. The van der Waals surface area contributed by atoms with E-state index in [0.717, 1.165) is 16.3 Å². The van der Waals surface area contributed by atoms with E-state index in [1.807, 2.05) is 0 Å². The maximum atomic E-state index is 5.82. The summed E-state index contributed by atoms with van der Waals surface area (Å²) in [4.78, 5) is 6.84. The third-order valence-corrected chi connectivity index (χ3v) is 3.90. The zero-order valence-corrected chi connectivity index (χ0v) is 11.7. The van der Waals surface area contributed by atoms with Gasteiger partial charge < -0.3 is 4.42 Å². The number of aromatic nitrogens is 1. The molecule has 0 N–H and O–H groups in total. The summed E-state index contributed by atoms with van der Waals surface area (Å²) in [5, 5.41) is 0. The Labute approximate surface area is 101 Å². The third kappa shape index (κ3) is 2.01. The van der Waals surface area contributed by atoms with Crippen molar-refractivity contribution in [3.8, 4) is 0 Å². The van der Waals surface area contributed by atoms with Crippen LogP contribution in [0.3, 0.4) is 0 Å². The molecule has 2 heterocycles. The van der Waals surface area contributed by atoms with Crippen LogP contribution >= 0.6 is 11.3 Å². The zero-order chi connectivity index (χ0) is 12.1. The number of fused-ring (bicyclic) bond motifs is 1. The summed E-state index contributed by atoms with van der Waals surface area (Å²) in [5.41, 5.74) is 1.16. The highest BCUT2D eigenvalue weighted by atomic mass is 32.1. The maximum absolute atomic E-state index is 5.82. The van der Waals surface area contributed by atoms with Crippen LogP contribution in [0.2, 0.25) is 0 Å². The average molecular weight is 237 g/mol. The van der Waals surface area contributed by atoms with Crippen molar-refractivity contribution in [1.29, 1.82) is 0 Å². The molecule has 16 heavy (non-hydrogen) atoms. The first-order valence-corrected chi connectivity index (χ1v) is 6.41. The number of nitrogens with zero attached hydrogens (tertiary/aromatic N) is 1. The molecule has 0 atom stereocenters. The normalized spacial score (nSPS) is 13.6. The molecule has 0 unspecified atom stereocenters. The smallest absolute Gasteiger partial charge is 0.208 e. The molecule has 0 aromatic carbocycles. The Morgan fingerprint density at radius 1 is 1.06 bits per heavy atom. The van der Waals surface area contributed by atoms with Crippen LogP contribution < -0.4 is 0 Å². The SMILES string of the molecule is CC(C)(C)c1nc2cc(C(C)(C)C)sc2o1. The van der Waals surface area contributed by atoms with E-state index in [-0.39, 0.29) is 10.8 Å². The highest BCUT2D eigenvalue weighted by Gasteiger charge is 2.24. The van der Waals surface area contributed by atoms with Crippen LogP contribution in [-0.4, -0.2) is 4.98 Å². The summed E-state index contributed by atoms with van der Waals surface area (Å²) in [6.07, 6.45) is 0. The Morgan fingerprint density at radius 2 is 1.69 bits per heavy atom. The second kappa shape index (κ2) is 3.33. The molecule has 0 radical (unpaired) electrons. The molecule has 0 saturated carbocycles. The summed E-state index contributed by atoms with van der Waals surface area (Å²) < 4.78 is 5.82. The minimum absolute atomic E-state index is 0.0133. The Kier molecular flexibility index (Phi) is 2.42. The molecule has 0 amide bonds. The van der Waals surface area contributed by atoms with Crippen LogP contribution in [0, 0.1) is 0 Å². The molecule has 2 nitrogen and oxygen atoms in total. The Balaban J connectivity index is 2.49. The number of rotatable bonds is 0. The first-order chi connectivity index (χ1) is 7.18. The van der Waals surface area contributed by atoms with Crippen LogP contribution in [0.1, 0.15) is 52.3 Å². The minimum Gasteiger partial charge on any atom is -0.429 e. The van der Waals surface area contributed by atoms with Crippen molar-refractivity contribution in [1.82, 2.24) is 4.98 Å². The van der Waals surface area contributed by atoms with Crippen molar-refractivity contribution in [3.05, 3.63) is 16.8 Å². The van der Waals surface area contributed by atoms with Crippen LogP contribution in [0.25, 0.3) is 10.4 Å². The molecule has 0 fully saturated rings. The Hall–Kier alpha value is -0.830. The van der Waals surface area contributed by atoms with Crippen molar-refractivity contribution in [2.45, 2.75) is 52.4 Å². The molecular formula is C13H19NOS. The van der Waals surface area contributed by atoms with Gasteiger partial charge in [0.15, 0.2) is 0 Å². The van der Waals surface area contributed by atoms with E-state index < -0.39 is 0 Å². The van der Waals surface area contributed by atoms with Crippen molar-refractivity contribution in [2.75, 3.05) is 0 Å². The van der Waals surface area contributed by atoms with Gasteiger partial charge in [-0.3, -0.25) is 0 Å². The molecular weight excluding hydrogens is 218 g/mol. The first kappa shape index (κ1) is 11.6. The first-order valence-electron chi connectivity index (χ1n) is 5.59. The van der Waals surface area contributed by atoms with Gasteiger partial charge in [0, 0.05) is 10.3 Å². The Bertz CT molecular complexity index is 433. The van der Waals surface area contributed by atoms with Gasteiger partial charge in [-0.05, 0) is 11.5 Å². The van der Waals surface area contributed by atoms with Gasteiger partial charge in [-0.2, -0.15) is 0 Å². The second-order valence-corrected chi connectivity index (χ2v) is 7.32. The molecule has 0 saturated heterocycles. The summed E-state index contributed by atoms with van der Waals surface area (Å²) in [5.74, 6) is 0.828. The number of hydrogen-bond donors (Lipinski definition) is 0. The van der Waals surface area contributed by atoms with E-state index in [1.54, 1.807) is 11.3 Å². The molecule has 0 aliphatic rings. The van der Waals surface area contributed by atoms with Crippen LogP contribution in [0.4, 0.5) is 0 Å². The number of oxazole rings is 1. The summed E-state index contributed by atoms with van der Waals surface area (Å²) >= 11 is 1.71. The van der Waals surface area contributed by atoms with Crippen molar-refractivity contribution >= 4 is 21.8 Å². The summed E-state index contributed by atoms with van der Waals surface area (Å²) in [6.45, 7) is 13.0. The fraction of sp³-hybridized carbons (Fsp3) is 0.615. The van der Waals surface area contributed by atoms with Crippen LogP contribution in [0.15, 0.2) is 10.5 Å². The van der Waals surface area contributed by atoms with E-state index >= 15 is 0 Å². The van der Waals surface area contributed by atoms with E-state index in [9.17, 15) is 0 Å². The lowest BCUT2D eigenvalue weighted by Crippen LogP contribution is -2.11. The van der Waals surface area contributed by atoms with Crippen LogP contribution in [0.5, 0.6) is 0 Å². The van der Waals surface area contributed by atoms with Gasteiger partial charge >= 0.3 is 0 Å². The second-order valence-electron chi connectivity index (χ2n) is 6.30. The molecule has 0 aliphatic carbocycles. The summed E-state index contributed by atoms with van der Waals surface area (Å²) in [6, 6.07) is 2.15. The topological polar surface area (TPSA) is 26.0 Å². The highest BCUT2D eigenvalue weighted by Crippen LogP contribution is 2.36. The minimum atomic E-state index is -0.0133. The van der Waals surface area contributed by atoms with E-state index in [2.05, 4.69) is 52.6 Å². The third-order valence-electron chi connectivity index (χ3n) is 2.47. The number of thiophene rings is 1. The largest absolute Gasteiger partial charge is 0.429 e. The quantitative estimate of drug-likeness (QED) is 0.675. The van der Waals surface area contributed by atoms with Crippen LogP contribution in [-0.2, 0) is 10.8 Å².